The molecule has 2 aromatic rings. The van der Waals surface area contributed by atoms with Crippen LogP contribution in [0.2, 0.25) is 0 Å². The SMILES string of the molecule is O=C(C[C@H]1C[C@@H]2c3cc(NC(=O)C4CCOCC4)ccc3O[C@@H]2[C@H](CO)O1)NCc1ccncc1. The summed E-state index contributed by atoms with van der Waals surface area (Å²) in [6.45, 7) is 1.45. The van der Waals surface area contributed by atoms with Gasteiger partial charge in [0.2, 0.25) is 11.8 Å². The number of carbonyl (C=O) groups excluding carboxylic acids is 2. The molecule has 3 N–H and O–H groups in total. The fourth-order valence-electron chi connectivity index (χ4n) is 5.15. The molecule has 0 unspecified atom stereocenters. The average molecular weight is 482 g/mol. The van der Waals surface area contributed by atoms with Crippen molar-refractivity contribution >= 4 is 17.5 Å². The number of benzene rings is 1. The van der Waals surface area contributed by atoms with Gasteiger partial charge < -0.3 is 30.0 Å². The van der Waals surface area contributed by atoms with Gasteiger partial charge in [0.15, 0.2) is 0 Å². The van der Waals surface area contributed by atoms with Crippen molar-refractivity contribution in [2.45, 2.75) is 56.5 Å². The molecule has 1 aromatic carbocycles. The Kier molecular flexibility index (Phi) is 7.26. The monoisotopic (exact) mass is 481 g/mol. The molecule has 186 valence electrons. The molecule has 3 aliphatic heterocycles. The number of pyridine rings is 1. The number of hydrogen-bond acceptors (Lipinski definition) is 7. The summed E-state index contributed by atoms with van der Waals surface area (Å²) in [4.78, 5) is 29.3. The molecule has 3 aliphatic rings. The van der Waals surface area contributed by atoms with E-state index in [1.807, 2.05) is 30.3 Å². The highest BCUT2D eigenvalue weighted by molar-refractivity contribution is 5.92. The van der Waals surface area contributed by atoms with E-state index in [1.54, 1.807) is 12.4 Å². The smallest absolute Gasteiger partial charge is 0.227 e. The topological polar surface area (TPSA) is 119 Å². The minimum atomic E-state index is -0.528. The van der Waals surface area contributed by atoms with Crippen molar-refractivity contribution in [3.05, 3.63) is 53.9 Å². The Morgan fingerprint density at radius 2 is 1.91 bits per heavy atom. The van der Waals surface area contributed by atoms with E-state index in [9.17, 15) is 14.7 Å². The molecule has 1 aromatic heterocycles. The highest BCUT2D eigenvalue weighted by Gasteiger charge is 2.46. The van der Waals surface area contributed by atoms with E-state index in [2.05, 4.69) is 15.6 Å². The molecule has 0 bridgehead atoms. The molecule has 0 aliphatic carbocycles. The highest BCUT2D eigenvalue weighted by Crippen LogP contribution is 2.47. The molecule has 5 rings (SSSR count). The number of fused-ring (bicyclic) bond motifs is 3. The first-order valence-corrected chi connectivity index (χ1v) is 12.2. The summed E-state index contributed by atoms with van der Waals surface area (Å²) in [6.07, 6.45) is 4.42. The van der Waals surface area contributed by atoms with E-state index in [-0.39, 0.29) is 48.9 Å². The van der Waals surface area contributed by atoms with Crippen molar-refractivity contribution in [3.63, 3.8) is 0 Å². The summed E-state index contributed by atoms with van der Waals surface area (Å²) < 4.78 is 17.5. The molecule has 4 heterocycles. The third-order valence-electron chi connectivity index (χ3n) is 7.01. The lowest BCUT2D eigenvalue weighted by Gasteiger charge is -2.37. The van der Waals surface area contributed by atoms with E-state index in [4.69, 9.17) is 14.2 Å². The first-order chi connectivity index (χ1) is 17.1. The first-order valence-electron chi connectivity index (χ1n) is 12.2. The Bertz CT molecular complexity index is 1040. The highest BCUT2D eigenvalue weighted by atomic mass is 16.6. The zero-order valence-corrected chi connectivity index (χ0v) is 19.5. The zero-order valence-electron chi connectivity index (χ0n) is 19.5. The van der Waals surface area contributed by atoms with Crippen LogP contribution in [0.1, 0.15) is 42.7 Å². The number of nitrogens with zero attached hydrogens (tertiary/aromatic N) is 1. The minimum absolute atomic E-state index is 0.00710. The predicted octanol–water partition coefficient (Wildman–Crippen LogP) is 2.15. The minimum Gasteiger partial charge on any atom is -0.487 e. The molecule has 2 amide bonds. The van der Waals surface area contributed by atoms with Gasteiger partial charge in [-0.25, -0.2) is 0 Å². The standard InChI is InChI=1S/C26H31N3O6/c30-15-23-25-21(12-19(34-23)13-24(31)28-14-16-3-7-27-8-4-16)20-11-18(1-2-22(20)35-25)29-26(32)17-5-9-33-10-6-17/h1-4,7-8,11,17,19,21,23,25,30H,5-6,9-10,12-15H2,(H,28,31)(H,29,32)/t19-,21-,23+,25+/m1/s1. The molecule has 35 heavy (non-hydrogen) atoms. The number of anilines is 1. The summed E-state index contributed by atoms with van der Waals surface area (Å²) in [5, 5.41) is 15.9. The van der Waals surface area contributed by atoms with Crippen molar-refractivity contribution in [2.75, 3.05) is 25.1 Å². The molecule has 0 radical (unpaired) electrons. The van der Waals surface area contributed by atoms with Crippen LogP contribution in [-0.4, -0.2) is 60.0 Å². The Balaban J connectivity index is 1.24. The van der Waals surface area contributed by atoms with Gasteiger partial charge in [-0.05, 0) is 55.2 Å². The normalized spacial score (nSPS) is 25.7. The maximum atomic E-state index is 12.7. The number of amides is 2. The largest absolute Gasteiger partial charge is 0.487 e. The van der Waals surface area contributed by atoms with Crippen LogP contribution in [0.4, 0.5) is 5.69 Å². The van der Waals surface area contributed by atoms with E-state index in [0.29, 0.717) is 26.2 Å². The van der Waals surface area contributed by atoms with Gasteiger partial charge in [-0.3, -0.25) is 14.6 Å². The van der Waals surface area contributed by atoms with Gasteiger partial charge >= 0.3 is 0 Å². The van der Waals surface area contributed by atoms with Gasteiger partial charge in [0.05, 0.1) is 19.1 Å². The fraction of sp³-hybridized carbons (Fsp3) is 0.500. The van der Waals surface area contributed by atoms with E-state index in [0.717, 1.165) is 35.4 Å². The zero-order chi connectivity index (χ0) is 24.2. The molecule has 2 fully saturated rings. The van der Waals surface area contributed by atoms with Crippen LogP contribution in [-0.2, 0) is 25.6 Å². The molecular formula is C26H31N3O6. The third-order valence-corrected chi connectivity index (χ3v) is 7.01. The summed E-state index contributed by atoms with van der Waals surface area (Å²) in [7, 11) is 0. The van der Waals surface area contributed by atoms with Crippen LogP contribution in [0, 0.1) is 5.92 Å². The van der Waals surface area contributed by atoms with Crippen molar-refractivity contribution in [1.29, 1.82) is 0 Å². The fourth-order valence-corrected chi connectivity index (χ4v) is 5.15. The summed E-state index contributed by atoms with van der Waals surface area (Å²) in [5.41, 5.74) is 2.67. The number of ether oxygens (including phenoxy) is 3. The van der Waals surface area contributed by atoms with Crippen molar-refractivity contribution < 1.29 is 28.9 Å². The molecule has 2 saturated heterocycles. The predicted molar refractivity (Wildman–Crippen MR) is 127 cm³/mol. The van der Waals surface area contributed by atoms with E-state index in [1.165, 1.54) is 0 Å². The van der Waals surface area contributed by atoms with E-state index < -0.39 is 6.10 Å². The summed E-state index contributed by atoms with van der Waals surface area (Å²) >= 11 is 0. The Hall–Kier alpha value is -3.01. The van der Waals surface area contributed by atoms with Crippen molar-refractivity contribution in [2.24, 2.45) is 5.92 Å². The van der Waals surface area contributed by atoms with Gasteiger partial charge in [0, 0.05) is 55.2 Å². The summed E-state index contributed by atoms with van der Waals surface area (Å²) in [5.74, 6) is 0.548. The van der Waals surface area contributed by atoms with Gasteiger partial charge in [0.1, 0.15) is 18.0 Å². The first kappa shape index (κ1) is 23.7. The van der Waals surface area contributed by atoms with Gasteiger partial charge in [0.25, 0.3) is 0 Å². The van der Waals surface area contributed by atoms with Crippen molar-refractivity contribution in [1.82, 2.24) is 10.3 Å². The van der Waals surface area contributed by atoms with Crippen molar-refractivity contribution in [3.8, 4) is 5.75 Å². The Morgan fingerprint density at radius 3 is 2.69 bits per heavy atom. The number of carbonyl (C=O) groups is 2. The van der Waals surface area contributed by atoms with Gasteiger partial charge in [-0.15, -0.1) is 0 Å². The second-order valence-electron chi connectivity index (χ2n) is 9.37. The molecule has 9 nitrogen and oxygen atoms in total. The maximum absolute atomic E-state index is 12.7. The maximum Gasteiger partial charge on any atom is 0.227 e. The third kappa shape index (κ3) is 5.47. The number of nitrogens with one attached hydrogen (secondary N) is 2. The Morgan fingerprint density at radius 1 is 1.11 bits per heavy atom. The lowest BCUT2D eigenvalue weighted by atomic mass is 9.84. The number of aromatic nitrogens is 1. The lowest BCUT2D eigenvalue weighted by molar-refractivity contribution is -0.142. The van der Waals surface area contributed by atoms with Crippen LogP contribution in [0.25, 0.3) is 0 Å². The quantitative estimate of drug-likeness (QED) is 0.554. The molecule has 0 saturated carbocycles. The lowest BCUT2D eigenvalue weighted by Crippen LogP contribution is -2.47. The second-order valence-corrected chi connectivity index (χ2v) is 9.37. The summed E-state index contributed by atoms with van der Waals surface area (Å²) in [6, 6.07) is 9.37. The van der Waals surface area contributed by atoms with Crippen LogP contribution >= 0.6 is 0 Å². The molecule has 4 atom stereocenters. The van der Waals surface area contributed by atoms with E-state index >= 15 is 0 Å². The number of rotatable bonds is 7. The van der Waals surface area contributed by atoms with Gasteiger partial charge in [-0.2, -0.15) is 0 Å². The molecule has 9 heteroatoms. The number of hydrogen-bond donors (Lipinski definition) is 3. The Labute approximate surface area is 204 Å². The van der Waals surface area contributed by atoms with Gasteiger partial charge in [-0.1, -0.05) is 0 Å². The average Bonchev–Trinajstić information content (AvgIpc) is 3.26. The number of aliphatic hydroxyl groups is 1. The number of aliphatic hydroxyl groups excluding tert-OH is 1. The second kappa shape index (κ2) is 10.7. The van der Waals surface area contributed by atoms with Crippen LogP contribution in [0.3, 0.4) is 0 Å². The van der Waals surface area contributed by atoms with Crippen LogP contribution in [0.15, 0.2) is 42.7 Å². The molecule has 0 spiro atoms. The van der Waals surface area contributed by atoms with Crippen LogP contribution in [0.5, 0.6) is 5.75 Å². The molecular weight excluding hydrogens is 450 g/mol. The van der Waals surface area contributed by atoms with Crippen LogP contribution < -0.4 is 15.4 Å².